The molecule has 4 rings (SSSR count). The van der Waals surface area contributed by atoms with Crippen molar-refractivity contribution in [2.45, 2.75) is 13.5 Å². The Morgan fingerprint density at radius 2 is 2.07 bits per heavy atom. The fraction of sp³-hybridized carbons (Fsp3) is 0.167. The van der Waals surface area contributed by atoms with Gasteiger partial charge in [0.15, 0.2) is 11.6 Å². The predicted molar refractivity (Wildman–Crippen MR) is 103 cm³/mol. The van der Waals surface area contributed by atoms with Crippen LogP contribution in [0, 0.1) is 0 Å². The highest BCUT2D eigenvalue weighted by Crippen LogP contribution is 2.21. The zero-order valence-corrected chi connectivity index (χ0v) is 15.7. The molecule has 0 spiro atoms. The van der Waals surface area contributed by atoms with Gasteiger partial charge in [-0.1, -0.05) is 6.07 Å². The molecule has 0 bridgehead atoms. The third-order valence-electron chi connectivity index (χ3n) is 4.09. The van der Waals surface area contributed by atoms with E-state index >= 15 is 0 Å². The number of ether oxygens (including phenoxy) is 1. The van der Waals surface area contributed by atoms with E-state index in [2.05, 4.69) is 35.8 Å². The summed E-state index contributed by atoms with van der Waals surface area (Å²) in [6, 6.07) is 8.72. The highest BCUT2D eigenvalue weighted by molar-refractivity contribution is 6.05. The fourth-order valence-corrected chi connectivity index (χ4v) is 2.69. The van der Waals surface area contributed by atoms with Gasteiger partial charge in [0, 0.05) is 18.9 Å². The minimum atomic E-state index is -0.418. The lowest BCUT2D eigenvalue weighted by Gasteiger charge is -2.07. The maximum atomic E-state index is 12.8. The first-order valence-electron chi connectivity index (χ1n) is 8.78. The molecule has 4 aromatic heterocycles. The molecule has 1 N–H and O–H groups in total. The second-order valence-corrected chi connectivity index (χ2v) is 5.88. The first kappa shape index (κ1) is 18.2. The summed E-state index contributed by atoms with van der Waals surface area (Å²) in [6.45, 7) is 2.69. The second kappa shape index (κ2) is 7.84. The Morgan fingerprint density at radius 1 is 1.17 bits per heavy atom. The standard InChI is InChI=1S/C18H17N9O2/c1-3-26-11-20-24-16(26)13-6-4-7-14(21-13)22-17(28)12-10-27(25-18(12)29-2)15-8-5-9-19-23-15/h4-11H,3H2,1-2H3,(H,21,22,28). The maximum absolute atomic E-state index is 12.8. The van der Waals surface area contributed by atoms with Gasteiger partial charge in [-0.25, -0.2) is 9.67 Å². The van der Waals surface area contributed by atoms with Crippen molar-refractivity contribution in [1.29, 1.82) is 0 Å². The molecule has 0 aliphatic carbocycles. The summed E-state index contributed by atoms with van der Waals surface area (Å²) in [7, 11) is 1.44. The monoisotopic (exact) mass is 391 g/mol. The lowest BCUT2D eigenvalue weighted by molar-refractivity contribution is 0.102. The summed E-state index contributed by atoms with van der Waals surface area (Å²) in [4.78, 5) is 17.3. The molecular formula is C18H17N9O2. The van der Waals surface area contributed by atoms with Crippen molar-refractivity contribution in [2.75, 3.05) is 12.4 Å². The van der Waals surface area contributed by atoms with Crippen LogP contribution in [0.15, 0.2) is 49.1 Å². The number of hydrogen-bond donors (Lipinski definition) is 1. The third kappa shape index (κ3) is 3.65. The number of pyridine rings is 1. The van der Waals surface area contributed by atoms with Crippen LogP contribution in [0.2, 0.25) is 0 Å². The minimum Gasteiger partial charge on any atom is -0.479 e. The van der Waals surface area contributed by atoms with Gasteiger partial charge < -0.3 is 14.6 Å². The molecule has 4 aromatic rings. The third-order valence-corrected chi connectivity index (χ3v) is 4.09. The molecule has 29 heavy (non-hydrogen) atoms. The molecule has 146 valence electrons. The van der Waals surface area contributed by atoms with Crippen LogP contribution >= 0.6 is 0 Å². The number of carbonyl (C=O) groups excluding carboxylic acids is 1. The molecule has 0 saturated carbocycles. The summed E-state index contributed by atoms with van der Waals surface area (Å²) < 4.78 is 8.52. The first-order chi connectivity index (χ1) is 14.2. The van der Waals surface area contributed by atoms with Crippen molar-refractivity contribution < 1.29 is 9.53 Å². The zero-order chi connectivity index (χ0) is 20.2. The molecule has 0 aromatic carbocycles. The van der Waals surface area contributed by atoms with Crippen LogP contribution in [0.25, 0.3) is 17.3 Å². The SMILES string of the molecule is CCn1cnnc1-c1cccc(NC(=O)c2cn(-c3cccnn3)nc2OC)n1. The van der Waals surface area contributed by atoms with Gasteiger partial charge in [-0.05, 0) is 31.2 Å². The van der Waals surface area contributed by atoms with Gasteiger partial charge in [0.25, 0.3) is 5.91 Å². The molecule has 11 nitrogen and oxygen atoms in total. The Labute approximate surface area is 165 Å². The van der Waals surface area contributed by atoms with Crippen LogP contribution in [0.4, 0.5) is 5.82 Å². The fourth-order valence-electron chi connectivity index (χ4n) is 2.69. The normalized spacial score (nSPS) is 10.7. The van der Waals surface area contributed by atoms with Crippen LogP contribution in [-0.2, 0) is 6.54 Å². The van der Waals surface area contributed by atoms with Crippen molar-refractivity contribution >= 4 is 11.7 Å². The Kier molecular flexibility index (Phi) is 4.93. The van der Waals surface area contributed by atoms with Crippen molar-refractivity contribution in [2.24, 2.45) is 0 Å². The molecule has 4 heterocycles. The zero-order valence-electron chi connectivity index (χ0n) is 15.7. The lowest BCUT2D eigenvalue weighted by Crippen LogP contribution is -2.13. The molecule has 1 amide bonds. The molecule has 0 aliphatic rings. The van der Waals surface area contributed by atoms with Gasteiger partial charge in [-0.3, -0.25) is 4.79 Å². The van der Waals surface area contributed by atoms with Gasteiger partial charge in [-0.2, -0.15) is 5.10 Å². The minimum absolute atomic E-state index is 0.162. The number of carbonyl (C=O) groups is 1. The van der Waals surface area contributed by atoms with E-state index in [1.165, 1.54) is 18.0 Å². The smallest absolute Gasteiger partial charge is 0.263 e. The van der Waals surface area contributed by atoms with Crippen LogP contribution in [0.5, 0.6) is 5.88 Å². The van der Waals surface area contributed by atoms with Gasteiger partial charge in [0.1, 0.15) is 23.4 Å². The Bertz CT molecular complexity index is 1140. The Balaban J connectivity index is 1.60. The molecule has 0 unspecified atom stereocenters. The number of rotatable bonds is 6. The average Bonchev–Trinajstić information content (AvgIpc) is 3.41. The number of aromatic nitrogens is 8. The number of aryl methyl sites for hydroxylation is 1. The maximum Gasteiger partial charge on any atom is 0.263 e. The molecule has 0 radical (unpaired) electrons. The van der Waals surface area contributed by atoms with Crippen LogP contribution in [0.3, 0.4) is 0 Å². The summed E-state index contributed by atoms with van der Waals surface area (Å²) in [5.74, 6) is 1.20. The van der Waals surface area contributed by atoms with Crippen LogP contribution in [0.1, 0.15) is 17.3 Å². The summed E-state index contributed by atoms with van der Waals surface area (Å²) in [5.41, 5.74) is 0.839. The average molecular weight is 391 g/mol. The van der Waals surface area contributed by atoms with Crippen molar-refractivity contribution in [1.82, 2.24) is 39.7 Å². The van der Waals surface area contributed by atoms with Crippen molar-refractivity contribution in [3.8, 4) is 23.2 Å². The van der Waals surface area contributed by atoms with Crippen molar-refractivity contribution in [3.05, 3.63) is 54.6 Å². The highest BCUT2D eigenvalue weighted by atomic mass is 16.5. The van der Waals surface area contributed by atoms with E-state index in [4.69, 9.17) is 4.74 Å². The van der Waals surface area contributed by atoms with Crippen LogP contribution < -0.4 is 10.1 Å². The quantitative estimate of drug-likeness (QED) is 0.525. The molecular weight excluding hydrogens is 374 g/mol. The molecule has 0 atom stereocenters. The van der Waals surface area contributed by atoms with Crippen molar-refractivity contribution in [3.63, 3.8) is 0 Å². The van der Waals surface area contributed by atoms with Crippen LogP contribution in [-0.4, -0.2) is 52.7 Å². The summed E-state index contributed by atoms with van der Waals surface area (Å²) >= 11 is 0. The highest BCUT2D eigenvalue weighted by Gasteiger charge is 2.19. The predicted octanol–water partition coefficient (Wildman–Crippen LogP) is 1.60. The Morgan fingerprint density at radius 3 is 2.83 bits per heavy atom. The van der Waals surface area contributed by atoms with E-state index in [0.717, 1.165) is 0 Å². The number of anilines is 1. The van der Waals surface area contributed by atoms with E-state index in [9.17, 15) is 4.79 Å². The Hall–Kier alpha value is -4.15. The molecule has 0 saturated heterocycles. The van der Waals surface area contributed by atoms with Gasteiger partial charge in [0.05, 0.1) is 7.11 Å². The van der Waals surface area contributed by atoms with E-state index in [1.807, 2.05) is 11.5 Å². The van der Waals surface area contributed by atoms with E-state index in [1.54, 1.807) is 42.9 Å². The lowest BCUT2D eigenvalue weighted by atomic mass is 10.3. The number of nitrogens with zero attached hydrogens (tertiary/aromatic N) is 8. The second-order valence-electron chi connectivity index (χ2n) is 5.88. The summed E-state index contributed by atoms with van der Waals surface area (Å²) in [5, 5.41) is 22.8. The largest absolute Gasteiger partial charge is 0.479 e. The van der Waals surface area contributed by atoms with Gasteiger partial charge in [-0.15, -0.1) is 20.4 Å². The van der Waals surface area contributed by atoms with E-state index in [0.29, 0.717) is 29.7 Å². The number of amides is 1. The van der Waals surface area contributed by atoms with Gasteiger partial charge in [0.2, 0.25) is 5.88 Å². The van der Waals surface area contributed by atoms with Gasteiger partial charge >= 0.3 is 0 Å². The van der Waals surface area contributed by atoms with E-state index in [-0.39, 0.29) is 11.4 Å². The molecule has 0 aliphatic heterocycles. The van der Waals surface area contributed by atoms with E-state index < -0.39 is 5.91 Å². The number of methoxy groups -OCH3 is 1. The topological polar surface area (TPSA) is 126 Å². The molecule has 0 fully saturated rings. The first-order valence-corrected chi connectivity index (χ1v) is 8.78. The molecule has 11 heteroatoms. The summed E-state index contributed by atoms with van der Waals surface area (Å²) in [6.07, 6.45) is 4.71. The number of hydrogen-bond acceptors (Lipinski definition) is 8. The number of nitrogens with one attached hydrogen (secondary N) is 1.